The van der Waals surface area contributed by atoms with Gasteiger partial charge in [0.25, 0.3) is 0 Å². The Morgan fingerprint density at radius 1 is 1.29 bits per heavy atom. The zero-order valence-electron chi connectivity index (χ0n) is 7.99. The number of rotatable bonds is 3. The van der Waals surface area contributed by atoms with Gasteiger partial charge in [0.05, 0.1) is 4.90 Å². The highest BCUT2D eigenvalue weighted by atomic mass is 35.5. The summed E-state index contributed by atoms with van der Waals surface area (Å²) in [6, 6.07) is 6.50. The van der Waals surface area contributed by atoms with Gasteiger partial charge in [-0.3, -0.25) is 0 Å². The Kier molecular flexibility index (Phi) is 3.53. The van der Waals surface area contributed by atoms with Gasteiger partial charge in [-0.25, -0.2) is 8.42 Å². The molecule has 0 saturated carbocycles. The molecule has 0 heterocycles. The molecular weight excluding hydrogens is 222 g/mol. The number of halogens is 1. The summed E-state index contributed by atoms with van der Waals surface area (Å²) < 4.78 is 22.3. The van der Waals surface area contributed by atoms with Crippen LogP contribution in [0.25, 0.3) is 0 Å². The topological polar surface area (TPSA) is 46.2 Å². The first-order valence-electron chi connectivity index (χ1n) is 4.06. The van der Waals surface area contributed by atoms with Crippen molar-refractivity contribution in [2.75, 3.05) is 13.3 Å². The van der Waals surface area contributed by atoms with E-state index in [0.29, 0.717) is 4.90 Å². The van der Waals surface area contributed by atoms with Gasteiger partial charge in [-0.2, -0.15) is 0 Å². The van der Waals surface area contributed by atoms with Gasteiger partial charge in [0.2, 0.25) is 0 Å². The molecule has 1 atom stereocenters. The zero-order valence-corrected chi connectivity index (χ0v) is 9.56. The normalized spacial score (nSPS) is 13.9. The first-order chi connectivity index (χ1) is 6.45. The van der Waals surface area contributed by atoms with Crippen molar-refractivity contribution in [2.45, 2.75) is 10.4 Å². The van der Waals surface area contributed by atoms with E-state index in [4.69, 9.17) is 11.6 Å². The quantitative estimate of drug-likeness (QED) is 0.637. The number of benzene rings is 1. The maximum Gasteiger partial charge on any atom is 0.175 e. The first-order valence-corrected chi connectivity index (χ1v) is 6.39. The third-order valence-corrected chi connectivity index (χ3v) is 3.45. The second-order valence-corrected chi connectivity index (χ2v) is 5.44. The summed E-state index contributed by atoms with van der Waals surface area (Å²) in [5.41, 5.74) is 0.560. The van der Waals surface area contributed by atoms with Gasteiger partial charge in [0.1, 0.15) is 5.50 Å². The lowest BCUT2D eigenvalue weighted by atomic mass is 10.2. The largest absolute Gasteiger partial charge is 0.301 e. The van der Waals surface area contributed by atoms with Crippen molar-refractivity contribution < 1.29 is 8.42 Å². The molecule has 0 spiro atoms. The Morgan fingerprint density at radius 3 is 2.14 bits per heavy atom. The van der Waals surface area contributed by atoms with Gasteiger partial charge in [-0.05, 0) is 24.7 Å². The molecule has 0 amide bonds. The molecule has 0 aliphatic rings. The van der Waals surface area contributed by atoms with Crippen molar-refractivity contribution in [3.63, 3.8) is 0 Å². The molecule has 3 nitrogen and oxygen atoms in total. The van der Waals surface area contributed by atoms with Gasteiger partial charge < -0.3 is 5.32 Å². The Morgan fingerprint density at radius 2 is 1.79 bits per heavy atom. The monoisotopic (exact) mass is 233 g/mol. The third kappa shape index (κ3) is 2.70. The summed E-state index contributed by atoms with van der Waals surface area (Å²) in [4.78, 5) is 0.307. The number of sulfone groups is 1. The summed E-state index contributed by atoms with van der Waals surface area (Å²) in [7, 11) is -1.38. The fourth-order valence-corrected chi connectivity index (χ4v) is 1.83. The molecule has 0 aromatic heterocycles. The van der Waals surface area contributed by atoms with E-state index in [-0.39, 0.29) is 5.50 Å². The highest BCUT2D eigenvalue weighted by Gasteiger charge is 2.08. The van der Waals surface area contributed by atoms with Gasteiger partial charge in [0, 0.05) is 6.26 Å². The van der Waals surface area contributed by atoms with Gasteiger partial charge in [-0.15, -0.1) is 11.6 Å². The van der Waals surface area contributed by atoms with Crippen LogP contribution in [0.3, 0.4) is 0 Å². The van der Waals surface area contributed by atoms with Gasteiger partial charge >= 0.3 is 0 Å². The fraction of sp³-hybridized carbons (Fsp3) is 0.333. The molecule has 0 fully saturated rings. The van der Waals surface area contributed by atoms with E-state index < -0.39 is 9.84 Å². The Labute approximate surface area is 89.0 Å². The van der Waals surface area contributed by atoms with Crippen LogP contribution in [0.1, 0.15) is 11.1 Å². The second kappa shape index (κ2) is 4.29. The zero-order chi connectivity index (χ0) is 10.8. The van der Waals surface area contributed by atoms with Crippen LogP contribution in [0, 0.1) is 0 Å². The number of alkyl halides is 1. The van der Waals surface area contributed by atoms with E-state index >= 15 is 0 Å². The molecule has 1 unspecified atom stereocenters. The molecule has 5 heteroatoms. The predicted octanol–water partition coefficient (Wildman–Crippen LogP) is 1.55. The molecule has 1 N–H and O–H groups in total. The van der Waals surface area contributed by atoms with E-state index in [1.807, 2.05) is 0 Å². The Balaban J connectivity index is 3.01. The van der Waals surface area contributed by atoms with Crippen molar-refractivity contribution in [1.82, 2.24) is 5.32 Å². The molecule has 14 heavy (non-hydrogen) atoms. The highest BCUT2D eigenvalue weighted by molar-refractivity contribution is 7.90. The molecular formula is C9H12ClNO2S. The molecule has 1 aromatic carbocycles. The van der Waals surface area contributed by atoms with Crippen LogP contribution in [0.4, 0.5) is 0 Å². The minimum atomic E-state index is -3.12. The van der Waals surface area contributed by atoms with Crippen LogP contribution in [-0.4, -0.2) is 21.7 Å². The van der Waals surface area contributed by atoms with Crippen molar-refractivity contribution in [3.05, 3.63) is 29.8 Å². The van der Waals surface area contributed by atoms with Crippen molar-refractivity contribution in [3.8, 4) is 0 Å². The van der Waals surface area contributed by atoms with E-state index in [2.05, 4.69) is 5.32 Å². The average molecular weight is 234 g/mol. The molecule has 1 aromatic rings. The van der Waals surface area contributed by atoms with E-state index in [9.17, 15) is 8.42 Å². The second-order valence-electron chi connectivity index (χ2n) is 2.99. The predicted molar refractivity (Wildman–Crippen MR) is 57.2 cm³/mol. The van der Waals surface area contributed by atoms with Crippen LogP contribution < -0.4 is 5.32 Å². The number of nitrogens with one attached hydrogen (secondary N) is 1. The fourth-order valence-electron chi connectivity index (χ4n) is 1.05. The minimum Gasteiger partial charge on any atom is -0.301 e. The number of hydrogen-bond donors (Lipinski definition) is 1. The summed E-state index contributed by atoms with van der Waals surface area (Å²) in [6.07, 6.45) is 1.18. The van der Waals surface area contributed by atoms with E-state index in [0.717, 1.165) is 5.56 Å². The standard InChI is InChI=1S/C9H12ClNO2S/c1-11-9(10)7-3-5-8(6-4-7)14(2,12)13/h3-6,9,11H,1-2H3. The molecule has 78 valence electrons. The molecule has 0 aliphatic carbocycles. The maximum absolute atomic E-state index is 11.1. The smallest absolute Gasteiger partial charge is 0.175 e. The van der Waals surface area contributed by atoms with Gasteiger partial charge in [-0.1, -0.05) is 12.1 Å². The van der Waals surface area contributed by atoms with Gasteiger partial charge in [0.15, 0.2) is 9.84 Å². The molecule has 0 radical (unpaired) electrons. The third-order valence-electron chi connectivity index (χ3n) is 1.85. The maximum atomic E-state index is 11.1. The van der Waals surface area contributed by atoms with E-state index in [1.54, 1.807) is 31.3 Å². The first kappa shape index (κ1) is 11.5. The van der Waals surface area contributed by atoms with Crippen molar-refractivity contribution in [2.24, 2.45) is 0 Å². The Bertz CT molecular complexity index is 399. The summed E-state index contributed by atoms with van der Waals surface area (Å²) in [5, 5.41) is 2.86. The molecule has 0 aliphatic heterocycles. The van der Waals surface area contributed by atoms with E-state index in [1.165, 1.54) is 6.26 Å². The lowest BCUT2D eigenvalue weighted by Gasteiger charge is -2.08. The SMILES string of the molecule is CNC(Cl)c1ccc(S(C)(=O)=O)cc1. The lowest BCUT2D eigenvalue weighted by molar-refractivity contribution is 0.602. The van der Waals surface area contributed by atoms with Crippen LogP contribution >= 0.6 is 11.6 Å². The van der Waals surface area contributed by atoms with Crippen LogP contribution in [0.15, 0.2) is 29.2 Å². The highest BCUT2D eigenvalue weighted by Crippen LogP contribution is 2.18. The lowest BCUT2D eigenvalue weighted by Crippen LogP contribution is -2.09. The van der Waals surface area contributed by atoms with Crippen molar-refractivity contribution in [1.29, 1.82) is 0 Å². The van der Waals surface area contributed by atoms with Crippen molar-refractivity contribution >= 4 is 21.4 Å². The van der Waals surface area contributed by atoms with Crippen LogP contribution in [0.5, 0.6) is 0 Å². The summed E-state index contributed by atoms with van der Waals surface area (Å²) in [6.45, 7) is 0. The molecule has 0 bridgehead atoms. The molecule has 1 rings (SSSR count). The summed E-state index contributed by atoms with van der Waals surface area (Å²) in [5.74, 6) is 0. The minimum absolute atomic E-state index is 0.288. The van der Waals surface area contributed by atoms with Crippen LogP contribution in [-0.2, 0) is 9.84 Å². The summed E-state index contributed by atoms with van der Waals surface area (Å²) >= 11 is 5.90. The number of hydrogen-bond acceptors (Lipinski definition) is 3. The van der Waals surface area contributed by atoms with Crippen LogP contribution in [0.2, 0.25) is 0 Å². The Hall–Kier alpha value is -0.580. The average Bonchev–Trinajstić information content (AvgIpc) is 2.15. The molecule has 0 saturated heterocycles.